The maximum Gasteiger partial charge on any atom is 0.228 e. The van der Waals surface area contributed by atoms with Crippen LogP contribution in [0.4, 0.5) is 4.39 Å². The summed E-state index contributed by atoms with van der Waals surface area (Å²) in [5, 5.41) is 3.64. The minimum absolute atomic E-state index is 0.0556. The number of amides is 1. The summed E-state index contributed by atoms with van der Waals surface area (Å²) in [5.41, 5.74) is 1.94. The highest BCUT2D eigenvalue weighted by Gasteiger charge is 2.43. The first-order valence-corrected chi connectivity index (χ1v) is 11.4. The molecule has 0 bridgehead atoms. The summed E-state index contributed by atoms with van der Waals surface area (Å²) in [6, 6.07) is 12.5. The van der Waals surface area contributed by atoms with Crippen LogP contribution in [-0.4, -0.2) is 31.5 Å². The third-order valence-corrected chi connectivity index (χ3v) is 6.52. The van der Waals surface area contributed by atoms with Crippen molar-refractivity contribution in [1.82, 2.24) is 5.32 Å². The van der Waals surface area contributed by atoms with Gasteiger partial charge in [-0.25, -0.2) is 4.39 Å². The van der Waals surface area contributed by atoms with E-state index in [4.69, 9.17) is 21.1 Å². The van der Waals surface area contributed by atoms with Crippen LogP contribution in [0.2, 0.25) is 5.02 Å². The summed E-state index contributed by atoms with van der Waals surface area (Å²) in [6.45, 7) is 3.10. The first-order valence-electron chi connectivity index (χ1n) is 11.0. The molecule has 2 heterocycles. The van der Waals surface area contributed by atoms with Gasteiger partial charge < -0.3 is 14.8 Å². The molecule has 2 fully saturated rings. The Hall–Kier alpha value is -1.95. The van der Waals surface area contributed by atoms with Crippen LogP contribution >= 0.6 is 11.6 Å². The minimum atomic E-state index is -0.514. The Morgan fingerprint density at radius 3 is 2.77 bits per heavy atom. The van der Waals surface area contributed by atoms with E-state index in [0.29, 0.717) is 17.2 Å². The molecule has 3 atom stereocenters. The standard InChI is InChI=1S/C25H29ClFNO3/c1-25(16-31-23-4-2-3-13-30-23)15-20(28-24(25)29)11-7-17-5-8-18(9-6-17)21-14-19(26)10-12-22(21)27/h5-6,8-10,12,14,20,23H,2-4,7,11,13,15-16H2,1H3,(H,28,29)/t20-,23?,25+/m1/s1. The number of carbonyl (C=O) groups is 1. The smallest absolute Gasteiger partial charge is 0.228 e. The van der Waals surface area contributed by atoms with Crippen LogP contribution in [0.1, 0.15) is 44.6 Å². The third-order valence-electron chi connectivity index (χ3n) is 6.28. The predicted molar refractivity (Wildman–Crippen MR) is 119 cm³/mol. The van der Waals surface area contributed by atoms with E-state index in [9.17, 15) is 9.18 Å². The van der Waals surface area contributed by atoms with Gasteiger partial charge in [0.05, 0.1) is 12.0 Å². The molecule has 2 aromatic carbocycles. The van der Waals surface area contributed by atoms with Crippen molar-refractivity contribution in [2.45, 2.75) is 57.8 Å². The van der Waals surface area contributed by atoms with Crippen molar-refractivity contribution in [2.24, 2.45) is 5.41 Å². The average Bonchev–Trinajstić information content (AvgIpc) is 3.07. The number of carbonyl (C=O) groups excluding carboxylic acids is 1. The maximum atomic E-state index is 14.1. The molecule has 4 rings (SSSR count). The summed E-state index contributed by atoms with van der Waals surface area (Å²) in [4.78, 5) is 12.6. The van der Waals surface area contributed by atoms with Crippen molar-refractivity contribution in [2.75, 3.05) is 13.2 Å². The van der Waals surface area contributed by atoms with Crippen molar-refractivity contribution >= 4 is 17.5 Å². The van der Waals surface area contributed by atoms with Crippen molar-refractivity contribution in [3.8, 4) is 11.1 Å². The highest BCUT2D eigenvalue weighted by atomic mass is 35.5. The minimum Gasteiger partial charge on any atom is -0.353 e. The molecule has 0 saturated carbocycles. The highest BCUT2D eigenvalue weighted by Crippen LogP contribution is 2.33. The number of aryl methyl sites for hydroxylation is 1. The fraction of sp³-hybridized carbons (Fsp3) is 0.480. The molecule has 6 heteroatoms. The average molecular weight is 446 g/mol. The fourth-order valence-corrected chi connectivity index (χ4v) is 4.55. The Bertz CT molecular complexity index is 913. The van der Waals surface area contributed by atoms with Gasteiger partial charge in [0.1, 0.15) is 5.82 Å². The van der Waals surface area contributed by atoms with E-state index < -0.39 is 5.41 Å². The number of hydrogen-bond donors (Lipinski definition) is 1. The Labute approximate surface area is 188 Å². The summed E-state index contributed by atoms with van der Waals surface area (Å²) in [5.74, 6) is -0.231. The van der Waals surface area contributed by atoms with Crippen LogP contribution in [-0.2, 0) is 20.7 Å². The number of rotatable bonds is 7. The monoisotopic (exact) mass is 445 g/mol. The predicted octanol–water partition coefficient (Wildman–Crippen LogP) is 5.52. The van der Waals surface area contributed by atoms with Gasteiger partial charge in [-0.3, -0.25) is 4.79 Å². The molecule has 31 heavy (non-hydrogen) atoms. The summed E-state index contributed by atoms with van der Waals surface area (Å²) >= 11 is 6.00. The van der Waals surface area contributed by atoms with Gasteiger partial charge in [0.2, 0.25) is 5.91 Å². The lowest BCUT2D eigenvalue weighted by Crippen LogP contribution is -2.36. The van der Waals surface area contributed by atoms with Crippen LogP contribution in [0.25, 0.3) is 11.1 Å². The molecule has 4 nitrogen and oxygen atoms in total. The molecule has 0 radical (unpaired) electrons. The van der Waals surface area contributed by atoms with Crippen molar-refractivity contribution in [1.29, 1.82) is 0 Å². The maximum absolute atomic E-state index is 14.1. The molecule has 2 saturated heterocycles. The van der Waals surface area contributed by atoms with Gasteiger partial charge in [-0.1, -0.05) is 35.9 Å². The van der Waals surface area contributed by atoms with Crippen LogP contribution in [0.5, 0.6) is 0 Å². The summed E-state index contributed by atoms with van der Waals surface area (Å²) in [6.07, 6.45) is 5.35. The molecule has 0 aliphatic carbocycles. The van der Waals surface area contributed by atoms with E-state index in [1.54, 1.807) is 12.1 Å². The molecule has 1 unspecified atom stereocenters. The lowest BCUT2D eigenvalue weighted by Gasteiger charge is -2.27. The topological polar surface area (TPSA) is 47.6 Å². The lowest BCUT2D eigenvalue weighted by molar-refractivity contribution is -0.178. The lowest BCUT2D eigenvalue weighted by atomic mass is 9.87. The molecular weight excluding hydrogens is 417 g/mol. The normalized spacial score (nSPS) is 26.1. The molecule has 1 amide bonds. The van der Waals surface area contributed by atoms with Gasteiger partial charge in [0, 0.05) is 23.2 Å². The highest BCUT2D eigenvalue weighted by molar-refractivity contribution is 6.30. The summed E-state index contributed by atoms with van der Waals surface area (Å²) in [7, 11) is 0. The van der Waals surface area contributed by atoms with E-state index in [1.165, 1.54) is 6.07 Å². The van der Waals surface area contributed by atoms with Crippen molar-refractivity contribution in [3.05, 3.63) is 58.9 Å². The van der Waals surface area contributed by atoms with E-state index in [1.807, 2.05) is 31.2 Å². The van der Waals surface area contributed by atoms with Gasteiger partial charge in [-0.05, 0) is 74.8 Å². The number of hydrogen-bond acceptors (Lipinski definition) is 3. The number of nitrogens with one attached hydrogen (secondary N) is 1. The van der Waals surface area contributed by atoms with Gasteiger partial charge in [0.15, 0.2) is 6.29 Å². The second-order valence-electron chi connectivity index (χ2n) is 8.90. The fourth-order valence-electron chi connectivity index (χ4n) is 4.38. The van der Waals surface area contributed by atoms with Crippen LogP contribution in [0, 0.1) is 11.2 Å². The van der Waals surface area contributed by atoms with E-state index >= 15 is 0 Å². The molecular formula is C25H29ClFNO3. The molecule has 2 aromatic rings. The van der Waals surface area contributed by atoms with E-state index in [0.717, 1.165) is 56.3 Å². The Kier molecular flexibility index (Phi) is 6.95. The van der Waals surface area contributed by atoms with Crippen LogP contribution < -0.4 is 5.32 Å². The first-order chi connectivity index (χ1) is 14.9. The third kappa shape index (κ3) is 5.46. The molecule has 0 aromatic heterocycles. The largest absolute Gasteiger partial charge is 0.353 e. The van der Waals surface area contributed by atoms with Gasteiger partial charge >= 0.3 is 0 Å². The van der Waals surface area contributed by atoms with Gasteiger partial charge in [-0.2, -0.15) is 0 Å². The number of halogens is 2. The molecule has 1 N–H and O–H groups in total. The quantitative estimate of drug-likeness (QED) is 0.610. The number of ether oxygens (including phenoxy) is 2. The molecule has 0 spiro atoms. The second kappa shape index (κ2) is 9.68. The number of benzene rings is 2. The Morgan fingerprint density at radius 1 is 1.23 bits per heavy atom. The molecule has 2 aliphatic rings. The van der Waals surface area contributed by atoms with Crippen molar-refractivity contribution in [3.63, 3.8) is 0 Å². The zero-order valence-electron chi connectivity index (χ0n) is 17.8. The zero-order chi connectivity index (χ0) is 21.8. The van der Waals surface area contributed by atoms with Gasteiger partial charge in [-0.15, -0.1) is 0 Å². The summed E-state index contributed by atoms with van der Waals surface area (Å²) < 4.78 is 25.6. The Morgan fingerprint density at radius 2 is 2.03 bits per heavy atom. The first kappa shape index (κ1) is 22.3. The molecule has 166 valence electrons. The van der Waals surface area contributed by atoms with Crippen LogP contribution in [0.15, 0.2) is 42.5 Å². The van der Waals surface area contributed by atoms with E-state index in [2.05, 4.69) is 5.32 Å². The molecule has 2 aliphatic heterocycles. The Balaban J connectivity index is 1.30. The SMILES string of the molecule is C[C@@]1(COC2CCCCO2)C[C@@H](CCc2ccc(-c3cc(Cl)ccc3F)cc2)NC1=O. The van der Waals surface area contributed by atoms with Gasteiger partial charge in [0.25, 0.3) is 0 Å². The van der Waals surface area contributed by atoms with E-state index in [-0.39, 0.29) is 24.1 Å². The zero-order valence-corrected chi connectivity index (χ0v) is 18.6. The van der Waals surface area contributed by atoms with Crippen molar-refractivity contribution < 1.29 is 18.7 Å². The second-order valence-corrected chi connectivity index (χ2v) is 9.34. The van der Waals surface area contributed by atoms with Crippen LogP contribution in [0.3, 0.4) is 0 Å².